The molecule has 0 fully saturated rings. The van der Waals surface area contributed by atoms with Gasteiger partial charge in [-0.25, -0.2) is 4.68 Å². The van der Waals surface area contributed by atoms with Crippen LogP contribution >= 0.6 is 0 Å². The van der Waals surface area contributed by atoms with Gasteiger partial charge in [0.05, 0.1) is 13.2 Å². The number of nitrogen functional groups attached to an aromatic ring is 1. The molecule has 0 saturated carbocycles. The van der Waals surface area contributed by atoms with Gasteiger partial charge in [-0.1, -0.05) is 13.8 Å². The molecule has 0 aliphatic heterocycles. The summed E-state index contributed by atoms with van der Waals surface area (Å²) in [6.07, 6.45) is 0. The van der Waals surface area contributed by atoms with Crippen LogP contribution in [0.3, 0.4) is 0 Å². The molecule has 14 heavy (non-hydrogen) atoms. The fourth-order valence-corrected chi connectivity index (χ4v) is 0.984. The molecular weight excluding hydrogens is 182 g/mol. The summed E-state index contributed by atoms with van der Waals surface area (Å²) in [6, 6.07) is 0. The molecule has 0 aliphatic carbocycles. The summed E-state index contributed by atoms with van der Waals surface area (Å²) in [7, 11) is 0. The van der Waals surface area contributed by atoms with Crippen LogP contribution in [0.25, 0.3) is 0 Å². The highest BCUT2D eigenvalue weighted by molar-refractivity contribution is 5.31. The second-order valence-electron chi connectivity index (χ2n) is 3.52. The molecule has 1 heterocycles. The van der Waals surface area contributed by atoms with E-state index in [1.807, 2.05) is 0 Å². The maximum Gasteiger partial charge on any atom is 0.243 e. The largest absolute Gasteiger partial charge is 0.394 e. The Morgan fingerprint density at radius 2 is 2.29 bits per heavy atom. The van der Waals surface area contributed by atoms with Gasteiger partial charge in [-0.2, -0.15) is 4.98 Å². The zero-order valence-electron chi connectivity index (χ0n) is 8.56. The van der Waals surface area contributed by atoms with Crippen LogP contribution in [0.4, 0.5) is 11.9 Å². The van der Waals surface area contributed by atoms with Crippen LogP contribution < -0.4 is 11.1 Å². The minimum atomic E-state index is 0.0111. The standard InChI is InChI=1S/C8H17N5O/c1-6(2)5-10-8-11-7(9)13(12-8)3-4-14/h6,14H,3-5H2,1-2H3,(H3,9,10,11,12). The molecule has 1 aromatic heterocycles. The highest BCUT2D eigenvalue weighted by atomic mass is 16.3. The van der Waals surface area contributed by atoms with Gasteiger partial charge in [-0.05, 0) is 5.92 Å². The van der Waals surface area contributed by atoms with Crippen molar-refractivity contribution < 1.29 is 5.11 Å². The number of anilines is 2. The van der Waals surface area contributed by atoms with E-state index in [1.54, 1.807) is 0 Å². The molecule has 6 nitrogen and oxygen atoms in total. The number of nitrogens with two attached hydrogens (primary N) is 1. The Balaban J connectivity index is 2.56. The summed E-state index contributed by atoms with van der Waals surface area (Å²) in [4.78, 5) is 4.01. The van der Waals surface area contributed by atoms with Crippen molar-refractivity contribution in [3.05, 3.63) is 0 Å². The number of nitrogens with zero attached hydrogens (tertiary/aromatic N) is 3. The molecule has 0 radical (unpaired) electrons. The first-order valence-corrected chi connectivity index (χ1v) is 4.68. The first-order valence-electron chi connectivity index (χ1n) is 4.68. The average molecular weight is 199 g/mol. The summed E-state index contributed by atoms with van der Waals surface area (Å²) in [5.41, 5.74) is 5.57. The normalized spacial score (nSPS) is 10.9. The highest BCUT2D eigenvalue weighted by Crippen LogP contribution is 2.05. The van der Waals surface area contributed by atoms with Crippen LogP contribution in [0.2, 0.25) is 0 Å². The zero-order valence-corrected chi connectivity index (χ0v) is 8.56. The molecule has 1 rings (SSSR count). The second-order valence-corrected chi connectivity index (χ2v) is 3.52. The van der Waals surface area contributed by atoms with Gasteiger partial charge in [0.25, 0.3) is 0 Å². The molecular formula is C8H17N5O. The lowest BCUT2D eigenvalue weighted by molar-refractivity contribution is 0.270. The number of aliphatic hydroxyl groups excluding tert-OH is 1. The van der Waals surface area contributed by atoms with Gasteiger partial charge in [0.2, 0.25) is 11.9 Å². The lowest BCUT2D eigenvalue weighted by Gasteiger charge is -2.03. The fourth-order valence-electron chi connectivity index (χ4n) is 0.984. The number of hydrogen-bond acceptors (Lipinski definition) is 5. The van der Waals surface area contributed by atoms with Gasteiger partial charge in [-0.3, -0.25) is 0 Å². The van der Waals surface area contributed by atoms with Crippen molar-refractivity contribution in [2.24, 2.45) is 5.92 Å². The van der Waals surface area contributed by atoms with E-state index in [0.29, 0.717) is 24.4 Å². The van der Waals surface area contributed by atoms with Crippen molar-refractivity contribution in [1.29, 1.82) is 0 Å². The van der Waals surface area contributed by atoms with Gasteiger partial charge >= 0.3 is 0 Å². The van der Waals surface area contributed by atoms with Crippen molar-refractivity contribution in [3.63, 3.8) is 0 Å². The van der Waals surface area contributed by atoms with Crippen molar-refractivity contribution in [1.82, 2.24) is 14.8 Å². The molecule has 0 saturated heterocycles. The van der Waals surface area contributed by atoms with E-state index in [-0.39, 0.29) is 6.61 Å². The van der Waals surface area contributed by atoms with E-state index in [0.717, 1.165) is 6.54 Å². The lowest BCUT2D eigenvalue weighted by Crippen LogP contribution is -2.10. The number of nitrogens with one attached hydrogen (secondary N) is 1. The highest BCUT2D eigenvalue weighted by Gasteiger charge is 2.05. The van der Waals surface area contributed by atoms with Gasteiger partial charge in [0.15, 0.2) is 0 Å². The van der Waals surface area contributed by atoms with Crippen molar-refractivity contribution >= 4 is 11.9 Å². The summed E-state index contributed by atoms with van der Waals surface area (Å²) in [5.74, 6) is 1.37. The molecule has 0 aromatic carbocycles. The average Bonchev–Trinajstić information content (AvgIpc) is 2.45. The predicted octanol–water partition coefficient (Wildman–Crippen LogP) is -0.0795. The van der Waals surface area contributed by atoms with Crippen LogP contribution in [0.15, 0.2) is 0 Å². The van der Waals surface area contributed by atoms with E-state index in [1.165, 1.54) is 4.68 Å². The first kappa shape index (κ1) is 10.8. The Hall–Kier alpha value is -1.30. The molecule has 0 amide bonds. The molecule has 0 bridgehead atoms. The molecule has 80 valence electrons. The van der Waals surface area contributed by atoms with Gasteiger partial charge in [0.1, 0.15) is 0 Å². The van der Waals surface area contributed by atoms with Crippen LogP contribution in [0.1, 0.15) is 13.8 Å². The second kappa shape index (κ2) is 4.80. The molecule has 0 atom stereocenters. The third-order valence-electron chi connectivity index (χ3n) is 1.68. The van der Waals surface area contributed by atoms with Crippen LogP contribution in [-0.4, -0.2) is 33.0 Å². The van der Waals surface area contributed by atoms with E-state index in [9.17, 15) is 0 Å². The van der Waals surface area contributed by atoms with E-state index >= 15 is 0 Å². The predicted molar refractivity (Wildman–Crippen MR) is 54.8 cm³/mol. The lowest BCUT2D eigenvalue weighted by atomic mass is 10.2. The minimum Gasteiger partial charge on any atom is -0.394 e. The van der Waals surface area contributed by atoms with E-state index in [2.05, 4.69) is 29.2 Å². The van der Waals surface area contributed by atoms with E-state index in [4.69, 9.17) is 10.8 Å². The number of aromatic nitrogens is 3. The maximum atomic E-state index is 8.71. The van der Waals surface area contributed by atoms with Crippen molar-refractivity contribution in [3.8, 4) is 0 Å². The molecule has 0 unspecified atom stereocenters. The minimum absolute atomic E-state index is 0.0111. The molecule has 6 heteroatoms. The number of rotatable bonds is 5. The zero-order chi connectivity index (χ0) is 10.6. The molecule has 1 aromatic rings. The van der Waals surface area contributed by atoms with Gasteiger partial charge in [0, 0.05) is 6.54 Å². The monoisotopic (exact) mass is 199 g/mol. The Kier molecular flexibility index (Phi) is 3.70. The quantitative estimate of drug-likeness (QED) is 0.617. The summed E-state index contributed by atoms with van der Waals surface area (Å²) in [5, 5.41) is 15.8. The molecule has 4 N–H and O–H groups in total. The first-order chi connectivity index (χ1) is 6.63. The van der Waals surface area contributed by atoms with Crippen LogP contribution in [0.5, 0.6) is 0 Å². The van der Waals surface area contributed by atoms with Crippen molar-refractivity contribution in [2.45, 2.75) is 20.4 Å². The Bertz CT molecular complexity index is 283. The summed E-state index contributed by atoms with van der Waals surface area (Å²) >= 11 is 0. The summed E-state index contributed by atoms with van der Waals surface area (Å²) < 4.78 is 1.47. The maximum absolute atomic E-state index is 8.71. The third kappa shape index (κ3) is 2.88. The smallest absolute Gasteiger partial charge is 0.243 e. The Labute approximate surface area is 83.1 Å². The molecule has 0 aliphatic rings. The molecule has 0 spiro atoms. The third-order valence-corrected chi connectivity index (χ3v) is 1.68. The van der Waals surface area contributed by atoms with Gasteiger partial charge in [-0.15, -0.1) is 5.10 Å². The fraction of sp³-hybridized carbons (Fsp3) is 0.750. The van der Waals surface area contributed by atoms with Crippen LogP contribution in [-0.2, 0) is 6.54 Å². The number of aliphatic hydroxyl groups is 1. The SMILES string of the molecule is CC(C)CNc1nc(N)n(CCO)n1. The Morgan fingerprint density at radius 1 is 1.57 bits per heavy atom. The topological polar surface area (TPSA) is 89.0 Å². The van der Waals surface area contributed by atoms with Crippen molar-refractivity contribution in [2.75, 3.05) is 24.2 Å². The van der Waals surface area contributed by atoms with Crippen LogP contribution in [0, 0.1) is 5.92 Å². The number of hydrogen-bond donors (Lipinski definition) is 3. The Morgan fingerprint density at radius 3 is 2.86 bits per heavy atom. The van der Waals surface area contributed by atoms with Gasteiger partial charge < -0.3 is 16.2 Å². The van der Waals surface area contributed by atoms with E-state index < -0.39 is 0 Å². The summed E-state index contributed by atoms with van der Waals surface area (Å²) in [6.45, 7) is 5.39.